The minimum absolute atomic E-state index is 0.599. The van der Waals surface area contributed by atoms with E-state index >= 15 is 0 Å². The molecule has 0 saturated carbocycles. The molecule has 0 radical (unpaired) electrons. The quantitative estimate of drug-likeness (QED) is 0.699. The van der Waals surface area contributed by atoms with Gasteiger partial charge in [-0.15, -0.1) is 0 Å². The summed E-state index contributed by atoms with van der Waals surface area (Å²) in [7, 11) is 4.15. The lowest BCUT2D eigenvalue weighted by Gasteiger charge is -2.27. The molecule has 0 fully saturated rings. The number of hydrogen-bond donors (Lipinski definition) is 1. The molecule has 1 aromatic heterocycles. The summed E-state index contributed by atoms with van der Waals surface area (Å²) in [5, 5.41) is 7.70. The average Bonchev–Trinajstić information content (AvgIpc) is 2.70. The lowest BCUT2D eigenvalue weighted by Crippen LogP contribution is -2.39. The molecule has 1 N–H and O–H groups in total. The molecule has 0 aliphatic carbocycles. The molecule has 98 valence electrons. The Balaban J connectivity index is 2.40. The van der Waals surface area contributed by atoms with Gasteiger partial charge in [-0.25, -0.2) is 0 Å². The van der Waals surface area contributed by atoms with Crippen LogP contribution in [-0.2, 0) is 13.6 Å². The third kappa shape index (κ3) is 4.88. The molecule has 4 heteroatoms. The fraction of sp³-hybridized carbons (Fsp3) is 0.769. The number of aromatic nitrogens is 2. The van der Waals surface area contributed by atoms with Crippen molar-refractivity contribution in [2.45, 2.75) is 39.3 Å². The standard InChI is InChI=1S/C13H26N4/c1-5-7-14-9-13(6-2)16(3)10-12-8-15-17(4)11-12/h8,11,13-14H,5-7,9-10H2,1-4H3. The lowest BCUT2D eigenvalue weighted by molar-refractivity contribution is 0.221. The van der Waals surface area contributed by atoms with Crippen LogP contribution in [0.4, 0.5) is 0 Å². The van der Waals surface area contributed by atoms with Gasteiger partial charge in [-0.2, -0.15) is 5.10 Å². The van der Waals surface area contributed by atoms with Gasteiger partial charge in [0.05, 0.1) is 6.20 Å². The molecule has 1 rings (SSSR count). The van der Waals surface area contributed by atoms with Gasteiger partial charge >= 0.3 is 0 Å². The molecule has 0 amide bonds. The summed E-state index contributed by atoms with van der Waals surface area (Å²) >= 11 is 0. The van der Waals surface area contributed by atoms with Gasteiger partial charge < -0.3 is 5.32 Å². The van der Waals surface area contributed by atoms with Crippen molar-refractivity contribution in [3.05, 3.63) is 18.0 Å². The molecule has 1 aromatic rings. The van der Waals surface area contributed by atoms with Crippen LogP contribution in [-0.4, -0.2) is 40.9 Å². The Morgan fingerprint density at radius 3 is 2.76 bits per heavy atom. The second-order valence-electron chi connectivity index (χ2n) is 4.70. The van der Waals surface area contributed by atoms with E-state index in [9.17, 15) is 0 Å². The predicted octanol–water partition coefficient (Wildman–Crippen LogP) is 1.63. The van der Waals surface area contributed by atoms with Crippen molar-refractivity contribution in [2.75, 3.05) is 20.1 Å². The van der Waals surface area contributed by atoms with Crippen molar-refractivity contribution in [3.8, 4) is 0 Å². The normalized spacial score (nSPS) is 13.2. The second kappa shape index (κ2) is 7.45. The van der Waals surface area contributed by atoms with E-state index in [0.717, 1.165) is 19.6 Å². The average molecular weight is 238 g/mol. The summed E-state index contributed by atoms with van der Waals surface area (Å²) in [5.74, 6) is 0. The summed E-state index contributed by atoms with van der Waals surface area (Å²) < 4.78 is 1.86. The van der Waals surface area contributed by atoms with Crippen LogP contribution in [0.1, 0.15) is 32.3 Å². The van der Waals surface area contributed by atoms with Crippen LogP contribution in [0.15, 0.2) is 12.4 Å². The van der Waals surface area contributed by atoms with Gasteiger partial charge in [0, 0.05) is 37.9 Å². The van der Waals surface area contributed by atoms with Crippen molar-refractivity contribution in [3.63, 3.8) is 0 Å². The SMILES string of the molecule is CCCNCC(CC)N(C)Cc1cnn(C)c1. The highest BCUT2D eigenvalue weighted by Gasteiger charge is 2.12. The fourth-order valence-corrected chi connectivity index (χ4v) is 2.03. The second-order valence-corrected chi connectivity index (χ2v) is 4.70. The first-order valence-electron chi connectivity index (χ1n) is 6.55. The van der Waals surface area contributed by atoms with Crippen LogP contribution in [0.5, 0.6) is 0 Å². The van der Waals surface area contributed by atoms with Crippen molar-refractivity contribution in [1.29, 1.82) is 0 Å². The number of likely N-dealkylation sites (N-methyl/N-ethyl adjacent to an activating group) is 1. The molecule has 0 aliphatic heterocycles. The molecule has 1 atom stereocenters. The first-order chi connectivity index (χ1) is 8.17. The molecule has 0 bridgehead atoms. The van der Waals surface area contributed by atoms with Crippen LogP contribution in [0.2, 0.25) is 0 Å². The zero-order valence-corrected chi connectivity index (χ0v) is 11.6. The van der Waals surface area contributed by atoms with Crippen LogP contribution in [0.25, 0.3) is 0 Å². The van der Waals surface area contributed by atoms with E-state index in [1.165, 1.54) is 18.4 Å². The Morgan fingerprint density at radius 1 is 1.47 bits per heavy atom. The fourth-order valence-electron chi connectivity index (χ4n) is 2.03. The minimum atomic E-state index is 0.599. The highest BCUT2D eigenvalue weighted by Crippen LogP contribution is 2.07. The Labute approximate surface area is 105 Å². The monoisotopic (exact) mass is 238 g/mol. The van der Waals surface area contributed by atoms with Gasteiger partial charge in [0.2, 0.25) is 0 Å². The summed E-state index contributed by atoms with van der Waals surface area (Å²) in [6.07, 6.45) is 6.40. The molecule has 17 heavy (non-hydrogen) atoms. The first-order valence-corrected chi connectivity index (χ1v) is 6.55. The maximum absolute atomic E-state index is 4.20. The van der Waals surface area contributed by atoms with E-state index in [1.54, 1.807) is 0 Å². The van der Waals surface area contributed by atoms with Crippen molar-refractivity contribution in [2.24, 2.45) is 7.05 Å². The number of aryl methyl sites for hydroxylation is 1. The Hall–Kier alpha value is -0.870. The Morgan fingerprint density at radius 2 is 2.24 bits per heavy atom. The first kappa shape index (κ1) is 14.2. The van der Waals surface area contributed by atoms with Crippen LogP contribution in [0, 0.1) is 0 Å². The number of rotatable bonds is 8. The van der Waals surface area contributed by atoms with Gasteiger partial charge in [-0.05, 0) is 26.4 Å². The smallest absolute Gasteiger partial charge is 0.0534 e. The van der Waals surface area contributed by atoms with Crippen LogP contribution in [0.3, 0.4) is 0 Å². The molecule has 1 heterocycles. The van der Waals surface area contributed by atoms with Gasteiger partial charge in [0.15, 0.2) is 0 Å². The van der Waals surface area contributed by atoms with E-state index in [-0.39, 0.29) is 0 Å². The minimum Gasteiger partial charge on any atom is -0.315 e. The third-order valence-corrected chi connectivity index (χ3v) is 3.09. The number of hydrogen-bond acceptors (Lipinski definition) is 3. The molecular weight excluding hydrogens is 212 g/mol. The van der Waals surface area contributed by atoms with Crippen molar-refractivity contribution < 1.29 is 0 Å². The zero-order chi connectivity index (χ0) is 12.7. The summed E-state index contributed by atoms with van der Waals surface area (Å²) in [4.78, 5) is 2.40. The number of nitrogens with zero attached hydrogens (tertiary/aromatic N) is 3. The molecule has 0 aliphatic rings. The van der Waals surface area contributed by atoms with Gasteiger partial charge in [0.25, 0.3) is 0 Å². The van der Waals surface area contributed by atoms with Crippen molar-refractivity contribution >= 4 is 0 Å². The summed E-state index contributed by atoms with van der Waals surface area (Å²) in [6.45, 7) is 7.60. The van der Waals surface area contributed by atoms with E-state index in [2.05, 4.69) is 42.4 Å². The Bertz CT molecular complexity index is 308. The topological polar surface area (TPSA) is 33.1 Å². The zero-order valence-electron chi connectivity index (χ0n) is 11.6. The Kier molecular flexibility index (Phi) is 6.22. The molecule has 0 spiro atoms. The number of nitrogens with one attached hydrogen (secondary N) is 1. The highest BCUT2D eigenvalue weighted by atomic mass is 15.2. The predicted molar refractivity (Wildman–Crippen MR) is 71.9 cm³/mol. The highest BCUT2D eigenvalue weighted by molar-refractivity contribution is 5.03. The lowest BCUT2D eigenvalue weighted by atomic mass is 10.2. The van der Waals surface area contributed by atoms with Crippen LogP contribution < -0.4 is 5.32 Å². The largest absolute Gasteiger partial charge is 0.315 e. The maximum Gasteiger partial charge on any atom is 0.0534 e. The third-order valence-electron chi connectivity index (χ3n) is 3.09. The molecule has 4 nitrogen and oxygen atoms in total. The molecule has 0 saturated heterocycles. The summed E-state index contributed by atoms with van der Waals surface area (Å²) in [6, 6.07) is 0.599. The van der Waals surface area contributed by atoms with Crippen molar-refractivity contribution in [1.82, 2.24) is 20.0 Å². The van der Waals surface area contributed by atoms with Gasteiger partial charge in [0.1, 0.15) is 0 Å². The van der Waals surface area contributed by atoms with Gasteiger partial charge in [-0.3, -0.25) is 9.58 Å². The molecule has 0 aromatic carbocycles. The molecular formula is C13H26N4. The summed E-state index contributed by atoms with van der Waals surface area (Å²) in [5.41, 5.74) is 1.28. The van der Waals surface area contributed by atoms with E-state index < -0.39 is 0 Å². The maximum atomic E-state index is 4.20. The molecule has 1 unspecified atom stereocenters. The van der Waals surface area contributed by atoms with Gasteiger partial charge in [-0.1, -0.05) is 13.8 Å². The van der Waals surface area contributed by atoms with E-state index in [4.69, 9.17) is 0 Å². The van der Waals surface area contributed by atoms with Crippen LogP contribution >= 0.6 is 0 Å². The van der Waals surface area contributed by atoms with E-state index in [0.29, 0.717) is 6.04 Å². The van der Waals surface area contributed by atoms with E-state index in [1.807, 2.05) is 17.9 Å².